The fourth-order valence-corrected chi connectivity index (χ4v) is 5.15. The molecule has 2 heterocycles. The highest BCUT2D eigenvalue weighted by atomic mass is 16.5. The number of ether oxygens (including phenoxy) is 2. The van der Waals surface area contributed by atoms with Crippen LogP contribution in [0.2, 0.25) is 0 Å². The smallest absolute Gasteiger partial charge is 0.257 e. The van der Waals surface area contributed by atoms with Crippen molar-refractivity contribution in [3.05, 3.63) is 78.0 Å². The SMILES string of the molecule is CCCC(=O)Nc1ccc2c(c1)C(=O)N(C)C[C@H](OC)[C@H](C)CN(Cc1ccc(-c3ccccn3)cc1)[C@H](C)CO2. The summed E-state index contributed by atoms with van der Waals surface area (Å²) < 4.78 is 12.2. The minimum atomic E-state index is -0.168. The maximum atomic E-state index is 13.6. The molecule has 0 unspecified atom stereocenters. The van der Waals surface area contributed by atoms with Crippen molar-refractivity contribution in [2.45, 2.75) is 52.3 Å². The Labute approximate surface area is 243 Å². The average Bonchev–Trinajstić information content (AvgIpc) is 2.98. The first-order valence-electron chi connectivity index (χ1n) is 14.4. The molecule has 0 spiro atoms. The van der Waals surface area contributed by atoms with Gasteiger partial charge in [0.15, 0.2) is 0 Å². The summed E-state index contributed by atoms with van der Waals surface area (Å²) in [5.41, 5.74) is 4.25. The highest BCUT2D eigenvalue weighted by Crippen LogP contribution is 2.27. The van der Waals surface area contributed by atoms with Gasteiger partial charge in [0.2, 0.25) is 5.91 Å². The number of anilines is 1. The summed E-state index contributed by atoms with van der Waals surface area (Å²) in [6.45, 7) is 8.64. The Kier molecular flexibility index (Phi) is 10.5. The number of hydrogen-bond donors (Lipinski definition) is 1. The van der Waals surface area contributed by atoms with Crippen molar-refractivity contribution >= 4 is 17.5 Å². The molecule has 41 heavy (non-hydrogen) atoms. The van der Waals surface area contributed by atoms with Gasteiger partial charge < -0.3 is 19.7 Å². The van der Waals surface area contributed by atoms with Crippen LogP contribution in [0.25, 0.3) is 11.3 Å². The van der Waals surface area contributed by atoms with Gasteiger partial charge in [0.25, 0.3) is 5.91 Å². The molecule has 0 saturated carbocycles. The van der Waals surface area contributed by atoms with Crippen molar-refractivity contribution in [3.63, 3.8) is 0 Å². The molecule has 4 rings (SSSR count). The zero-order chi connectivity index (χ0) is 29.4. The molecule has 3 atom stereocenters. The number of carbonyl (C=O) groups excluding carboxylic acids is 2. The van der Waals surface area contributed by atoms with E-state index in [1.165, 1.54) is 5.56 Å². The zero-order valence-electron chi connectivity index (χ0n) is 24.8. The van der Waals surface area contributed by atoms with E-state index in [1.54, 1.807) is 37.3 Å². The van der Waals surface area contributed by atoms with E-state index in [1.807, 2.05) is 31.3 Å². The lowest BCUT2D eigenvalue weighted by Crippen LogP contribution is -2.46. The number of carbonyl (C=O) groups is 2. The first kappa shape index (κ1) is 30.2. The highest BCUT2D eigenvalue weighted by molar-refractivity contribution is 5.99. The second-order valence-corrected chi connectivity index (χ2v) is 10.9. The monoisotopic (exact) mass is 558 g/mol. The van der Waals surface area contributed by atoms with Crippen molar-refractivity contribution < 1.29 is 19.1 Å². The molecule has 3 aromatic rings. The number of rotatable bonds is 7. The van der Waals surface area contributed by atoms with Crippen LogP contribution in [0.1, 0.15) is 49.5 Å². The van der Waals surface area contributed by atoms with E-state index in [9.17, 15) is 9.59 Å². The highest BCUT2D eigenvalue weighted by Gasteiger charge is 2.28. The molecule has 0 saturated heterocycles. The van der Waals surface area contributed by atoms with E-state index < -0.39 is 0 Å². The van der Waals surface area contributed by atoms with Gasteiger partial charge in [0.05, 0.1) is 17.4 Å². The van der Waals surface area contributed by atoms with Gasteiger partial charge in [-0.15, -0.1) is 0 Å². The summed E-state index contributed by atoms with van der Waals surface area (Å²) in [5.74, 6) is 0.417. The first-order chi connectivity index (χ1) is 19.8. The topological polar surface area (TPSA) is 84.0 Å². The Bertz CT molecular complexity index is 1300. The van der Waals surface area contributed by atoms with Crippen LogP contribution < -0.4 is 10.1 Å². The van der Waals surface area contributed by atoms with Crippen LogP contribution >= 0.6 is 0 Å². The number of benzene rings is 2. The molecule has 0 bridgehead atoms. The summed E-state index contributed by atoms with van der Waals surface area (Å²) in [6, 6.07) is 19.8. The lowest BCUT2D eigenvalue weighted by atomic mass is 10.0. The summed E-state index contributed by atoms with van der Waals surface area (Å²) in [7, 11) is 3.48. The minimum absolute atomic E-state index is 0.0643. The molecule has 8 heteroatoms. The molecule has 0 fully saturated rings. The molecule has 2 aromatic carbocycles. The van der Waals surface area contributed by atoms with E-state index in [2.05, 4.69) is 53.3 Å². The second kappa shape index (κ2) is 14.2. The molecule has 1 aliphatic heterocycles. The number of amides is 2. The predicted octanol–water partition coefficient (Wildman–Crippen LogP) is 5.49. The molecule has 1 N–H and O–H groups in total. The third kappa shape index (κ3) is 7.93. The van der Waals surface area contributed by atoms with Gasteiger partial charge in [0.1, 0.15) is 12.4 Å². The normalized spacial score (nSPS) is 20.4. The summed E-state index contributed by atoms with van der Waals surface area (Å²) >= 11 is 0. The Balaban J connectivity index is 1.58. The number of nitrogens with zero attached hydrogens (tertiary/aromatic N) is 3. The molecule has 1 aromatic heterocycles. The van der Waals surface area contributed by atoms with Crippen molar-refractivity contribution in [2.75, 3.05) is 39.2 Å². The molecule has 8 nitrogen and oxygen atoms in total. The van der Waals surface area contributed by atoms with E-state index >= 15 is 0 Å². The average molecular weight is 559 g/mol. The number of aromatic nitrogens is 1. The van der Waals surface area contributed by atoms with Crippen LogP contribution in [-0.4, -0.2) is 72.6 Å². The van der Waals surface area contributed by atoms with Gasteiger partial charge in [-0.3, -0.25) is 19.5 Å². The minimum Gasteiger partial charge on any atom is -0.491 e. The first-order valence-corrected chi connectivity index (χ1v) is 14.4. The molecule has 0 aliphatic carbocycles. The molecule has 1 aliphatic rings. The number of likely N-dealkylation sites (N-methyl/N-ethyl adjacent to an activating group) is 1. The summed E-state index contributed by atoms with van der Waals surface area (Å²) in [6.07, 6.45) is 2.83. The fraction of sp³-hybridized carbons (Fsp3) is 0.424. The lowest BCUT2D eigenvalue weighted by molar-refractivity contribution is -0.116. The van der Waals surface area contributed by atoms with E-state index in [4.69, 9.17) is 9.47 Å². The second-order valence-electron chi connectivity index (χ2n) is 10.9. The number of pyridine rings is 1. The van der Waals surface area contributed by atoms with Crippen LogP contribution in [0.15, 0.2) is 66.9 Å². The quantitative estimate of drug-likeness (QED) is 0.413. The van der Waals surface area contributed by atoms with Gasteiger partial charge >= 0.3 is 0 Å². The van der Waals surface area contributed by atoms with E-state index in [0.717, 1.165) is 30.8 Å². The Morgan fingerprint density at radius 2 is 1.88 bits per heavy atom. The summed E-state index contributed by atoms with van der Waals surface area (Å²) in [4.78, 5) is 34.3. The van der Waals surface area contributed by atoms with Gasteiger partial charge in [0, 0.05) is 63.7 Å². The third-order valence-corrected chi connectivity index (χ3v) is 7.63. The standard InChI is InChI=1S/C33H42N4O4/c1-6-9-32(38)35-27-15-16-30-28(18-27)33(39)36(4)21-31(40-5)23(2)19-37(24(3)22-41-30)20-25-11-13-26(14-12-25)29-10-7-8-17-34-29/h7-8,10-18,23-24,31H,6,9,19-22H2,1-5H3,(H,35,38)/t23-,24-,31+/m1/s1. The van der Waals surface area contributed by atoms with E-state index in [0.29, 0.717) is 36.6 Å². The lowest BCUT2D eigenvalue weighted by Gasteiger charge is -2.36. The maximum Gasteiger partial charge on any atom is 0.257 e. The van der Waals surface area contributed by atoms with Gasteiger partial charge in [-0.25, -0.2) is 0 Å². The Hall–Kier alpha value is -3.75. The van der Waals surface area contributed by atoms with Crippen molar-refractivity contribution in [1.29, 1.82) is 0 Å². The van der Waals surface area contributed by atoms with Crippen LogP contribution in [0.4, 0.5) is 5.69 Å². The Morgan fingerprint density at radius 3 is 2.56 bits per heavy atom. The van der Waals surface area contributed by atoms with Crippen molar-refractivity contribution in [1.82, 2.24) is 14.8 Å². The van der Waals surface area contributed by atoms with Gasteiger partial charge in [-0.05, 0) is 55.2 Å². The predicted molar refractivity (Wildman–Crippen MR) is 162 cm³/mol. The molecular weight excluding hydrogens is 516 g/mol. The number of nitrogens with one attached hydrogen (secondary N) is 1. The van der Waals surface area contributed by atoms with Crippen molar-refractivity contribution in [2.24, 2.45) is 5.92 Å². The van der Waals surface area contributed by atoms with Crippen LogP contribution in [-0.2, 0) is 16.1 Å². The van der Waals surface area contributed by atoms with E-state index in [-0.39, 0.29) is 29.9 Å². The maximum absolute atomic E-state index is 13.6. The number of hydrogen-bond acceptors (Lipinski definition) is 6. The molecule has 2 amide bonds. The summed E-state index contributed by atoms with van der Waals surface area (Å²) in [5, 5.41) is 2.90. The molecular formula is C33H42N4O4. The number of methoxy groups -OCH3 is 1. The fourth-order valence-electron chi connectivity index (χ4n) is 5.15. The number of fused-ring (bicyclic) bond motifs is 1. The van der Waals surface area contributed by atoms with Crippen LogP contribution in [0.3, 0.4) is 0 Å². The third-order valence-electron chi connectivity index (χ3n) is 7.63. The van der Waals surface area contributed by atoms with Crippen molar-refractivity contribution in [3.8, 4) is 17.0 Å². The molecule has 218 valence electrons. The largest absolute Gasteiger partial charge is 0.491 e. The van der Waals surface area contributed by atoms with Gasteiger partial charge in [-0.2, -0.15) is 0 Å². The van der Waals surface area contributed by atoms with Crippen LogP contribution in [0.5, 0.6) is 5.75 Å². The zero-order valence-corrected chi connectivity index (χ0v) is 24.8. The molecule has 0 radical (unpaired) electrons. The van der Waals surface area contributed by atoms with Crippen LogP contribution in [0, 0.1) is 5.92 Å². The van der Waals surface area contributed by atoms with Gasteiger partial charge in [-0.1, -0.05) is 44.2 Å². The Morgan fingerprint density at radius 1 is 1.10 bits per heavy atom.